The molecule has 0 radical (unpaired) electrons. The molecule has 1 fully saturated rings. The number of para-hydroxylation sites is 1. The first-order valence-electron chi connectivity index (χ1n) is 8.52. The highest BCUT2D eigenvalue weighted by molar-refractivity contribution is 5.77. The number of benzene rings is 1. The summed E-state index contributed by atoms with van der Waals surface area (Å²) in [5.74, 6) is 1.27. The van der Waals surface area contributed by atoms with E-state index in [4.69, 9.17) is 0 Å². The number of nitrogens with one attached hydrogen (secondary N) is 2. The molecule has 0 bridgehead atoms. The minimum absolute atomic E-state index is 0.0586. The second-order valence-corrected chi connectivity index (χ2v) is 6.50. The monoisotopic (exact) mass is 328 g/mol. The molecule has 6 nitrogen and oxygen atoms in total. The van der Waals surface area contributed by atoms with E-state index >= 15 is 0 Å². The third-order valence-electron chi connectivity index (χ3n) is 4.98. The van der Waals surface area contributed by atoms with Crippen molar-refractivity contribution >= 4 is 16.8 Å². The Morgan fingerprint density at radius 1 is 1.38 bits per heavy atom. The lowest BCUT2D eigenvalue weighted by Crippen LogP contribution is -2.38. The highest BCUT2D eigenvalue weighted by Crippen LogP contribution is 2.26. The van der Waals surface area contributed by atoms with Gasteiger partial charge in [0.25, 0.3) is 5.56 Å². The summed E-state index contributed by atoms with van der Waals surface area (Å²) in [5.41, 5.74) is 0.648. The van der Waals surface area contributed by atoms with Gasteiger partial charge in [0.1, 0.15) is 5.82 Å². The molecule has 1 aromatic heterocycles. The average Bonchev–Trinajstić information content (AvgIpc) is 2.61. The Kier molecular flexibility index (Phi) is 4.94. The molecule has 128 valence electrons. The summed E-state index contributed by atoms with van der Waals surface area (Å²) in [4.78, 5) is 33.6. The summed E-state index contributed by atoms with van der Waals surface area (Å²) in [6.07, 6.45) is 2.59. The minimum atomic E-state index is -0.0862. The lowest BCUT2D eigenvalue weighted by Gasteiger charge is -2.35. The van der Waals surface area contributed by atoms with Crippen LogP contribution in [0.5, 0.6) is 0 Å². The normalized spacial score (nSPS) is 17.8. The summed E-state index contributed by atoms with van der Waals surface area (Å²) in [7, 11) is 1.68. The van der Waals surface area contributed by atoms with Crippen molar-refractivity contribution in [2.45, 2.75) is 32.2 Å². The molecule has 6 heteroatoms. The lowest BCUT2D eigenvalue weighted by molar-refractivity contribution is -0.121. The van der Waals surface area contributed by atoms with E-state index in [-0.39, 0.29) is 17.5 Å². The van der Waals surface area contributed by atoms with E-state index in [2.05, 4.69) is 27.1 Å². The highest BCUT2D eigenvalue weighted by Gasteiger charge is 2.26. The van der Waals surface area contributed by atoms with Crippen LogP contribution in [0.4, 0.5) is 0 Å². The second-order valence-electron chi connectivity index (χ2n) is 6.50. The van der Waals surface area contributed by atoms with Crippen LogP contribution >= 0.6 is 0 Å². The Balaban J connectivity index is 1.70. The van der Waals surface area contributed by atoms with E-state index in [0.29, 0.717) is 23.5 Å². The Morgan fingerprint density at radius 2 is 2.08 bits per heavy atom. The molecule has 1 amide bonds. The maximum atomic E-state index is 12.2. The van der Waals surface area contributed by atoms with Gasteiger partial charge in [-0.3, -0.25) is 14.5 Å². The molecule has 3 rings (SSSR count). The van der Waals surface area contributed by atoms with E-state index in [1.165, 1.54) is 0 Å². The molecule has 2 aromatic rings. The van der Waals surface area contributed by atoms with Crippen LogP contribution in [0.2, 0.25) is 0 Å². The van der Waals surface area contributed by atoms with E-state index in [0.717, 1.165) is 31.4 Å². The molecule has 1 aliphatic rings. The third kappa shape index (κ3) is 3.48. The SMILES string of the molecule is CNC(=O)CC1CCN(C(C)c2nc3ccccc3c(=O)[nH]2)CC1. The topological polar surface area (TPSA) is 78.1 Å². The number of nitrogens with zero attached hydrogens (tertiary/aromatic N) is 2. The highest BCUT2D eigenvalue weighted by atomic mass is 16.1. The zero-order valence-electron chi connectivity index (χ0n) is 14.2. The molecular weight excluding hydrogens is 304 g/mol. The maximum absolute atomic E-state index is 12.2. The van der Waals surface area contributed by atoms with Gasteiger partial charge in [0.05, 0.1) is 16.9 Å². The van der Waals surface area contributed by atoms with E-state index < -0.39 is 0 Å². The van der Waals surface area contributed by atoms with Crippen LogP contribution < -0.4 is 10.9 Å². The number of H-pyrrole nitrogens is 1. The van der Waals surface area contributed by atoms with Crippen LogP contribution in [-0.2, 0) is 4.79 Å². The number of amides is 1. The van der Waals surface area contributed by atoms with Gasteiger partial charge in [0, 0.05) is 13.5 Å². The van der Waals surface area contributed by atoms with Crippen molar-refractivity contribution in [3.8, 4) is 0 Å². The van der Waals surface area contributed by atoms with Crippen molar-refractivity contribution in [2.75, 3.05) is 20.1 Å². The predicted octanol–water partition coefficient (Wildman–Crippen LogP) is 1.83. The Labute approximate surface area is 141 Å². The zero-order chi connectivity index (χ0) is 17.1. The fourth-order valence-corrected chi connectivity index (χ4v) is 3.38. The summed E-state index contributed by atoms with van der Waals surface area (Å²) >= 11 is 0. The zero-order valence-corrected chi connectivity index (χ0v) is 14.2. The maximum Gasteiger partial charge on any atom is 0.258 e. The number of piperidine rings is 1. The van der Waals surface area contributed by atoms with Crippen LogP contribution in [0, 0.1) is 5.92 Å². The van der Waals surface area contributed by atoms with Crippen LogP contribution in [0.15, 0.2) is 29.1 Å². The molecule has 0 spiro atoms. The number of likely N-dealkylation sites (tertiary alicyclic amines) is 1. The summed E-state index contributed by atoms with van der Waals surface area (Å²) < 4.78 is 0. The van der Waals surface area contributed by atoms with Crippen LogP contribution in [0.1, 0.15) is 38.1 Å². The van der Waals surface area contributed by atoms with Crippen molar-refractivity contribution in [3.05, 3.63) is 40.4 Å². The number of hydrogen-bond donors (Lipinski definition) is 2. The standard InChI is InChI=1S/C18H24N4O2/c1-12(22-9-7-13(8-10-22)11-16(23)19-2)17-20-15-6-4-3-5-14(15)18(24)21-17/h3-6,12-13H,7-11H2,1-2H3,(H,19,23)(H,20,21,24). The van der Waals surface area contributed by atoms with Crippen LogP contribution in [-0.4, -0.2) is 40.9 Å². The van der Waals surface area contributed by atoms with Crippen molar-refractivity contribution in [1.29, 1.82) is 0 Å². The molecule has 2 heterocycles. The number of aromatic nitrogens is 2. The molecule has 0 aliphatic carbocycles. The minimum Gasteiger partial charge on any atom is -0.359 e. The van der Waals surface area contributed by atoms with E-state index in [1.807, 2.05) is 18.2 Å². The van der Waals surface area contributed by atoms with Gasteiger partial charge in [-0.25, -0.2) is 4.98 Å². The average molecular weight is 328 g/mol. The summed E-state index contributed by atoms with van der Waals surface area (Å²) in [6.45, 7) is 3.91. The quantitative estimate of drug-likeness (QED) is 0.897. The third-order valence-corrected chi connectivity index (χ3v) is 4.98. The van der Waals surface area contributed by atoms with Crippen molar-refractivity contribution in [2.24, 2.45) is 5.92 Å². The molecule has 0 saturated carbocycles. The first-order valence-corrected chi connectivity index (χ1v) is 8.52. The van der Waals surface area contributed by atoms with Crippen LogP contribution in [0.25, 0.3) is 10.9 Å². The van der Waals surface area contributed by atoms with Crippen molar-refractivity contribution < 1.29 is 4.79 Å². The number of carbonyl (C=O) groups is 1. The van der Waals surface area contributed by atoms with E-state index in [9.17, 15) is 9.59 Å². The molecule has 1 atom stereocenters. The Hall–Kier alpha value is -2.21. The first kappa shape index (κ1) is 16.6. The molecule has 1 aromatic carbocycles. The second kappa shape index (κ2) is 7.13. The van der Waals surface area contributed by atoms with Gasteiger partial charge < -0.3 is 10.3 Å². The van der Waals surface area contributed by atoms with E-state index in [1.54, 1.807) is 13.1 Å². The fourth-order valence-electron chi connectivity index (χ4n) is 3.38. The number of hydrogen-bond acceptors (Lipinski definition) is 4. The van der Waals surface area contributed by atoms with Gasteiger partial charge >= 0.3 is 0 Å². The van der Waals surface area contributed by atoms with Gasteiger partial charge in [-0.1, -0.05) is 12.1 Å². The fraction of sp³-hybridized carbons (Fsp3) is 0.500. The van der Waals surface area contributed by atoms with Gasteiger partial charge in [-0.05, 0) is 50.9 Å². The summed E-state index contributed by atoms with van der Waals surface area (Å²) in [6, 6.07) is 7.46. The number of aromatic amines is 1. The first-order chi connectivity index (χ1) is 11.6. The van der Waals surface area contributed by atoms with Gasteiger partial charge in [-0.2, -0.15) is 0 Å². The number of fused-ring (bicyclic) bond motifs is 1. The molecule has 24 heavy (non-hydrogen) atoms. The Morgan fingerprint density at radius 3 is 2.79 bits per heavy atom. The van der Waals surface area contributed by atoms with Crippen molar-refractivity contribution in [1.82, 2.24) is 20.2 Å². The lowest BCUT2D eigenvalue weighted by atomic mass is 9.92. The summed E-state index contributed by atoms with van der Waals surface area (Å²) in [5, 5.41) is 3.32. The molecule has 1 saturated heterocycles. The Bertz CT molecular complexity index is 778. The molecule has 1 unspecified atom stereocenters. The van der Waals surface area contributed by atoms with Crippen molar-refractivity contribution in [3.63, 3.8) is 0 Å². The van der Waals surface area contributed by atoms with Gasteiger partial charge in [-0.15, -0.1) is 0 Å². The molecule has 1 aliphatic heterocycles. The van der Waals surface area contributed by atoms with Gasteiger partial charge in [0.15, 0.2) is 0 Å². The molecule has 2 N–H and O–H groups in total. The smallest absolute Gasteiger partial charge is 0.258 e. The molecular formula is C18H24N4O2. The predicted molar refractivity (Wildman–Crippen MR) is 93.8 cm³/mol. The van der Waals surface area contributed by atoms with Crippen LogP contribution in [0.3, 0.4) is 0 Å². The number of carbonyl (C=O) groups excluding carboxylic acids is 1. The van der Waals surface area contributed by atoms with Gasteiger partial charge in [0.2, 0.25) is 5.91 Å². The largest absolute Gasteiger partial charge is 0.359 e. The number of rotatable bonds is 4.